The van der Waals surface area contributed by atoms with Crippen molar-refractivity contribution in [2.75, 3.05) is 26.3 Å². The number of benzene rings is 1. The molecule has 0 spiro atoms. The minimum absolute atomic E-state index is 0.0352. The van der Waals surface area contributed by atoms with E-state index in [9.17, 15) is 5.11 Å². The quantitative estimate of drug-likeness (QED) is 0.828. The molecule has 0 radical (unpaired) electrons. The van der Waals surface area contributed by atoms with Crippen LogP contribution in [-0.4, -0.2) is 48.1 Å². The van der Waals surface area contributed by atoms with Gasteiger partial charge < -0.3 is 20.5 Å². The van der Waals surface area contributed by atoms with Gasteiger partial charge in [-0.2, -0.15) is 0 Å². The van der Waals surface area contributed by atoms with Gasteiger partial charge in [0.2, 0.25) is 0 Å². The molecule has 2 heterocycles. The lowest BCUT2D eigenvalue weighted by Gasteiger charge is -2.30. The Morgan fingerprint density at radius 1 is 1.40 bits per heavy atom. The molecule has 0 bridgehead atoms. The molecule has 0 amide bonds. The van der Waals surface area contributed by atoms with Crippen molar-refractivity contribution < 1.29 is 9.84 Å². The Balaban J connectivity index is 1.99. The first kappa shape index (κ1) is 17.3. The van der Waals surface area contributed by atoms with Crippen molar-refractivity contribution >= 4 is 17.2 Å². The number of hydrogen-bond donors (Lipinski definition) is 2. The maximum atomic E-state index is 9.65. The Labute approximate surface area is 148 Å². The molecule has 0 aromatic heterocycles. The summed E-state index contributed by atoms with van der Waals surface area (Å²) in [7, 11) is 0. The molecule has 1 aromatic carbocycles. The fourth-order valence-electron chi connectivity index (χ4n) is 3.20. The second-order valence-electron chi connectivity index (χ2n) is 6.42. The van der Waals surface area contributed by atoms with Gasteiger partial charge in [-0.05, 0) is 24.3 Å². The third-order valence-corrected chi connectivity index (χ3v) is 4.68. The fourth-order valence-corrected chi connectivity index (χ4v) is 3.20. The van der Waals surface area contributed by atoms with Crippen molar-refractivity contribution in [1.29, 1.82) is 0 Å². The number of aliphatic hydroxyl groups is 1. The highest BCUT2D eigenvalue weighted by Crippen LogP contribution is 2.24. The summed E-state index contributed by atoms with van der Waals surface area (Å²) < 4.78 is 5.44. The Hall–Kier alpha value is -2.53. The molecule has 2 fully saturated rings. The van der Waals surface area contributed by atoms with Crippen LogP contribution in [0.25, 0.3) is 11.5 Å². The highest BCUT2D eigenvalue weighted by atomic mass is 16.5. The zero-order chi connectivity index (χ0) is 17.8. The third-order valence-electron chi connectivity index (χ3n) is 4.68. The summed E-state index contributed by atoms with van der Waals surface area (Å²) in [4.78, 5) is 7.06. The number of hydrogen-bond acceptors (Lipinski definition) is 5. The summed E-state index contributed by atoms with van der Waals surface area (Å²) in [6, 6.07) is 7.70. The fraction of sp³-hybridized carbons (Fsp3) is 0.350. The minimum atomic E-state index is 0.0352. The molecule has 3 rings (SSSR count). The van der Waals surface area contributed by atoms with Gasteiger partial charge in [-0.3, -0.25) is 4.99 Å². The van der Waals surface area contributed by atoms with Crippen molar-refractivity contribution in [3.63, 3.8) is 0 Å². The topological polar surface area (TPSA) is 71.1 Å². The van der Waals surface area contributed by atoms with Crippen molar-refractivity contribution in [3.05, 3.63) is 60.3 Å². The van der Waals surface area contributed by atoms with Crippen LogP contribution in [0.2, 0.25) is 0 Å². The second kappa shape index (κ2) is 7.57. The van der Waals surface area contributed by atoms with Gasteiger partial charge in [0, 0.05) is 48.7 Å². The summed E-state index contributed by atoms with van der Waals surface area (Å²) in [6.45, 7) is 10.5. The van der Waals surface area contributed by atoms with Crippen LogP contribution < -0.4 is 5.73 Å². The Kier molecular flexibility index (Phi) is 5.24. The van der Waals surface area contributed by atoms with Gasteiger partial charge in [0.1, 0.15) is 5.76 Å². The van der Waals surface area contributed by atoms with Crippen LogP contribution in [0.15, 0.2) is 54.2 Å². The maximum absolute atomic E-state index is 9.65. The normalized spacial score (nSPS) is 24.4. The molecule has 1 unspecified atom stereocenters. The van der Waals surface area contributed by atoms with Crippen LogP contribution in [0.1, 0.15) is 24.0 Å². The molecule has 0 saturated carbocycles. The van der Waals surface area contributed by atoms with Crippen molar-refractivity contribution in [2.45, 2.75) is 18.9 Å². The van der Waals surface area contributed by atoms with Crippen LogP contribution in [0.4, 0.5) is 0 Å². The zero-order valence-electron chi connectivity index (χ0n) is 14.4. The first-order valence-corrected chi connectivity index (χ1v) is 8.57. The van der Waals surface area contributed by atoms with E-state index in [1.807, 2.05) is 30.5 Å². The highest BCUT2D eigenvalue weighted by molar-refractivity contribution is 6.07. The smallest absolute Gasteiger partial charge is 0.115 e. The van der Waals surface area contributed by atoms with E-state index in [4.69, 9.17) is 15.5 Å². The van der Waals surface area contributed by atoms with Gasteiger partial charge in [-0.25, -0.2) is 0 Å². The molecule has 2 aliphatic rings. The van der Waals surface area contributed by atoms with Crippen LogP contribution in [0.5, 0.6) is 0 Å². The number of rotatable bonds is 4. The van der Waals surface area contributed by atoms with Crippen molar-refractivity contribution in [3.8, 4) is 0 Å². The molecule has 1 aromatic rings. The molecule has 1 atom stereocenters. The van der Waals surface area contributed by atoms with Gasteiger partial charge in [-0.15, -0.1) is 0 Å². The Morgan fingerprint density at radius 3 is 2.88 bits per heavy atom. The van der Waals surface area contributed by atoms with E-state index in [1.165, 1.54) is 0 Å². The molecule has 0 aliphatic carbocycles. The molecule has 5 heteroatoms. The lowest BCUT2D eigenvalue weighted by Crippen LogP contribution is -2.34. The van der Waals surface area contributed by atoms with Crippen LogP contribution in [0.3, 0.4) is 0 Å². The summed E-state index contributed by atoms with van der Waals surface area (Å²) >= 11 is 0. The number of nitrogens with zero attached hydrogens (tertiary/aromatic N) is 2. The zero-order valence-corrected chi connectivity index (χ0v) is 14.4. The van der Waals surface area contributed by atoms with E-state index in [-0.39, 0.29) is 11.8 Å². The average Bonchev–Trinajstić information content (AvgIpc) is 3.14. The highest BCUT2D eigenvalue weighted by Gasteiger charge is 2.23. The molecule has 3 N–H and O–H groups in total. The monoisotopic (exact) mass is 339 g/mol. The average molecular weight is 339 g/mol. The molecule has 25 heavy (non-hydrogen) atoms. The molecule has 2 aliphatic heterocycles. The molecule has 5 nitrogen and oxygen atoms in total. The van der Waals surface area contributed by atoms with E-state index in [2.05, 4.69) is 18.1 Å². The number of aliphatic imine (C=N–C) groups is 1. The van der Waals surface area contributed by atoms with E-state index >= 15 is 0 Å². The summed E-state index contributed by atoms with van der Waals surface area (Å²) in [5, 5.41) is 9.65. The summed E-state index contributed by atoms with van der Waals surface area (Å²) in [5.74, 6) is 0.0352. The minimum Gasteiger partial charge on any atom is -0.508 e. The number of likely N-dealkylation sites (tertiary alicyclic amines) is 1. The molecular formula is C20H25N3O2. The number of ether oxygens (including phenoxy) is 1. The lowest BCUT2D eigenvalue weighted by molar-refractivity contribution is 0.194. The number of aliphatic hydroxyl groups excluding tert-OH is 1. The van der Waals surface area contributed by atoms with E-state index in [0.717, 1.165) is 42.8 Å². The number of nitrogens with two attached hydrogens (primary N) is 1. The van der Waals surface area contributed by atoms with E-state index in [0.29, 0.717) is 24.4 Å². The van der Waals surface area contributed by atoms with Crippen molar-refractivity contribution in [1.82, 2.24) is 4.90 Å². The van der Waals surface area contributed by atoms with Gasteiger partial charge in [0.05, 0.1) is 12.6 Å². The third kappa shape index (κ3) is 3.94. The maximum Gasteiger partial charge on any atom is 0.115 e. The van der Waals surface area contributed by atoms with Gasteiger partial charge in [0.15, 0.2) is 0 Å². The second-order valence-corrected chi connectivity index (χ2v) is 6.42. The predicted octanol–water partition coefficient (Wildman–Crippen LogP) is 2.96. The standard InChI is InChI=1S/C20H25N3O2/c1-3-23-9-7-19(22-17-8-10-25-13-17)18(12-23)20(21)16-6-4-5-15(11-16)14(2)24/h3-6,11,17,24H,1-2,7-10,12-13,21H2. The van der Waals surface area contributed by atoms with Gasteiger partial charge in [-0.1, -0.05) is 31.4 Å². The first-order valence-electron chi connectivity index (χ1n) is 8.57. The lowest BCUT2D eigenvalue weighted by atomic mass is 9.95. The van der Waals surface area contributed by atoms with Crippen LogP contribution in [-0.2, 0) is 4.74 Å². The Bertz CT molecular complexity index is 730. The summed E-state index contributed by atoms with van der Waals surface area (Å²) in [5.41, 5.74) is 10.8. The van der Waals surface area contributed by atoms with E-state index < -0.39 is 0 Å². The molecule has 132 valence electrons. The SMILES string of the molecule is C=CN1CCC(=NC2CCOC2)C(=C(N)c2cccc(C(=C)O)c2)C1. The predicted molar refractivity (Wildman–Crippen MR) is 102 cm³/mol. The van der Waals surface area contributed by atoms with E-state index in [1.54, 1.807) is 0 Å². The van der Waals surface area contributed by atoms with Crippen LogP contribution in [0, 0.1) is 0 Å². The summed E-state index contributed by atoms with van der Waals surface area (Å²) in [6.07, 6.45) is 3.64. The van der Waals surface area contributed by atoms with Gasteiger partial charge in [0.25, 0.3) is 0 Å². The number of piperidine rings is 1. The molecule has 2 saturated heterocycles. The first-order chi connectivity index (χ1) is 12.1. The van der Waals surface area contributed by atoms with Crippen molar-refractivity contribution in [2.24, 2.45) is 10.7 Å². The largest absolute Gasteiger partial charge is 0.508 e. The van der Waals surface area contributed by atoms with Gasteiger partial charge >= 0.3 is 0 Å². The van der Waals surface area contributed by atoms with Crippen LogP contribution >= 0.6 is 0 Å². The Morgan fingerprint density at radius 2 is 2.20 bits per heavy atom. The molecular weight excluding hydrogens is 314 g/mol.